The molecule has 0 aromatic carbocycles. The van der Waals surface area contributed by atoms with Crippen LogP contribution in [-0.4, -0.2) is 16.3 Å². The molecule has 0 aliphatic heterocycles. The van der Waals surface area contributed by atoms with Crippen molar-refractivity contribution in [2.45, 2.75) is 25.8 Å². The lowest BCUT2D eigenvalue weighted by molar-refractivity contribution is 0.623. The molecule has 3 nitrogen and oxygen atoms in total. The summed E-state index contributed by atoms with van der Waals surface area (Å²) in [6, 6.07) is 0. The van der Waals surface area contributed by atoms with Crippen LogP contribution >= 0.6 is 0 Å². The summed E-state index contributed by atoms with van der Waals surface area (Å²) in [6.07, 6.45) is 8.94. The molecule has 0 fully saturated rings. The number of rotatable bonds is 6. The van der Waals surface area contributed by atoms with E-state index in [1.807, 2.05) is 17.0 Å². The Bertz CT molecular complexity index is 252. The summed E-state index contributed by atoms with van der Waals surface area (Å²) in [5.74, 6) is 0. The van der Waals surface area contributed by atoms with Gasteiger partial charge in [-0.05, 0) is 31.4 Å². The summed E-state index contributed by atoms with van der Waals surface area (Å²) in [7, 11) is 0. The largest absolute Gasteiger partial charge is 0.330 e. The van der Waals surface area contributed by atoms with Crippen LogP contribution in [0, 0.1) is 0 Å². The lowest BCUT2D eigenvalue weighted by Gasteiger charge is -1.96. The maximum absolute atomic E-state index is 5.42. The molecule has 0 bridgehead atoms. The van der Waals surface area contributed by atoms with Crippen molar-refractivity contribution in [3.05, 3.63) is 30.6 Å². The second-order valence-corrected chi connectivity index (χ2v) is 3.08. The monoisotopic (exact) mass is 179 g/mol. The van der Waals surface area contributed by atoms with Crippen LogP contribution in [0.5, 0.6) is 0 Å². The molecule has 1 aromatic rings. The number of allylic oxidation sites excluding steroid dienone is 1. The predicted molar refractivity (Wildman–Crippen MR) is 54.4 cm³/mol. The van der Waals surface area contributed by atoms with Crippen molar-refractivity contribution in [3.8, 4) is 0 Å². The highest BCUT2D eigenvalue weighted by Crippen LogP contribution is 2.01. The highest BCUT2D eigenvalue weighted by atomic mass is 15.3. The normalized spacial score (nSPS) is 10.2. The Morgan fingerprint density at radius 2 is 2.46 bits per heavy atom. The van der Waals surface area contributed by atoms with Gasteiger partial charge < -0.3 is 5.73 Å². The number of aryl methyl sites for hydroxylation is 2. The molecule has 3 heteroatoms. The summed E-state index contributed by atoms with van der Waals surface area (Å²) < 4.78 is 1.95. The number of nitrogens with two attached hydrogens (primary N) is 1. The van der Waals surface area contributed by atoms with Crippen molar-refractivity contribution >= 4 is 0 Å². The molecule has 72 valence electrons. The van der Waals surface area contributed by atoms with Crippen LogP contribution in [0.2, 0.25) is 0 Å². The van der Waals surface area contributed by atoms with Crippen LogP contribution in [0.3, 0.4) is 0 Å². The second-order valence-electron chi connectivity index (χ2n) is 3.08. The third kappa shape index (κ3) is 3.42. The number of hydrogen-bond acceptors (Lipinski definition) is 2. The maximum Gasteiger partial charge on any atom is 0.0521 e. The van der Waals surface area contributed by atoms with E-state index in [2.05, 4.69) is 17.9 Å². The molecule has 0 amide bonds. The molecular weight excluding hydrogens is 162 g/mol. The van der Waals surface area contributed by atoms with E-state index in [9.17, 15) is 0 Å². The molecule has 0 atom stereocenters. The molecule has 0 unspecified atom stereocenters. The van der Waals surface area contributed by atoms with Crippen LogP contribution in [-0.2, 0) is 13.0 Å². The molecule has 13 heavy (non-hydrogen) atoms. The number of hydrogen-bond donors (Lipinski definition) is 1. The van der Waals surface area contributed by atoms with Gasteiger partial charge in [-0.3, -0.25) is 4.68 Å². The minimum absolute atomic E-state index is 0.748. The standard InChI is InChI=1S/C10H17N3/c1-2-3-7-13-9-10(8-12-13)5-4-6-11/h2,8-9H,1,3-7,11H2. The van der Waals surface area contributed by atoms with E-state index in [0.29, 0.717) is 0 Å². The summed E-state index contributed by atoms with van der Waals surface area (Å²) in [4.78, 5) is 0. The van der Waals surface area contributed by atoms with Gasteiger partial charge in [-0.2, -0.15) is 5.10 Å². The Hall–Kier alpha value is -1.09. The van der Waals surface area contributed by atoms with Gasteiger partial charge in [0.05, 0.1) is 6.20 Å². The minimum Gasteiger partial charge on any atom is -0.330 e. The average Bonchev–Trinajstić information content (AvgIpc) is 2.59. The van der Waals surface area contributed by atoms with Gasteiger partial charge in [0, 0.05) is 12.7 Å². The van der Waals surface area contributed by atoms with Crippen molar-refractivity contribution in [1.29, 1.82) is 0 Å². The molecule has 0 spiro atoms. The number of aromatic nitrogens is 2. The highest BCUT2D eigenvalue weighted by Gasteiger charge is 1.96. The van der Waals surface area contributed by atoms with Gasteiger partial charge in [0.2, 0.25) is 0 Å². The molecule has 0 radical (unpaired) electrons. The number of nitrogens with zero attached hydrogens (tertiary/aromatic N) is 2. The van der Waals surface area contributed by atoms with E-state index in [0.717, 1.165) is 32.4 Å². The smallest absolute Gasteiger partial charge is 0.0521 e. The molecule has 0 saturated heterocycles. The van der Waals surface area contributed by atoms with Crippen molar-refractivity contribution in [2.75, 3.05) is 6.54 Å². The van der Waals surface area contributed by atoms with Crippen molar-refractivity contribution in [2.24, 2.45) is 5.73 Å². The van der Waals surface area contributed by atoms with Crippen LogP contribution in [0.1, 0.15) is 18.4 Å². The molecule has 0 aliphatic rings. The van der Waals surface area contributed by atoms with Crippen LogP contribution in [0.4, 0.5) is 0 Å². The van der Waals surface area contributed by atoms with Gasteiger partial charge in [0.15, 0.2) is 0 Å². The Morgan fingerprint density at radius 3 is 3.15 bits per heavy atom. The van der Waals surface area contributed by atoms with Crippen molar-refractivity contribution in [3.63, 3.8) is 0 Å². The fourth-order valence-electron chi connectivity index (χ4n) is 1.19. The predicted octanol–water partition coefficient (Wildman–Crippen LogP) is 1.35. The van der Waals surface area contributed by atoms with Crippen LogP contribution in [0.25, 0.3) is 0 Å². The summed E-state index contributed by atoms with van der Waals surface area (Å²) in [5, 5.41) is 4.23. The topological polar surface area (TPSA) is 43.8 Å². The Balaban J connectivity index is 2.38. The van der Waals surface area contributed by atoms with E-state index in [1.165, 1.54) is 5.56 Å². The first-order chi connectivity index (χ1) is 6.36. The van der Waals surface area contributed by atoms with E-state index < -0.39 is 0 Å². The van der Waals surface area contributed by atoms with Crippen molar-refractivity contribution < 1.29 is 0 Å². The summed E-state index contributed by atoms with van der Waals surface area (Å²) in [5.41, 5.74) is 6.70. The van der Waals surface area contributed by atoms with E-state index in [-0.39, 0.29) is 0 Å². The molecule has 2 N–H and O–H groups in total. The summed E-state index contributed by atoms with van der Waals surface area (Å²) >= 11 is 0. The van der Waals surface area contributed by atoms with E-state index in [1.54, 1.807) is 0 Å². The van der Waals surface area contributed by atoms with E-state index in [4.69, 9.17) is 5.73 Å². The molecule has 0 aliphatic carbocycles. The Kier molecular flexibility index (Phi) is 4.26. The van der Waals surface area contributed by atoms with Crippen molar-refractivity contribution in [1.82, 2.24) is 9.78 Å². The lowest BCUT2D eigenvalue weighted by Crippen LogP contribution is -2.00. The first-order valence-electron chi connectivity index (χ1n) is 4.69. The van der Waals surface area contributed by atoms with Gasteiger partial charge in [0.25, 0.3) is 0 Å². The summed E-state index contributed by atoms with van der Waals surface area (Å²) in [6.45, 7) is 5.35. The molecule has 1 heterocycles. The third-order valence-corrected chi connectivity index (χ3v) is 1.92. The minimum atomic E-state index is 0.748. The van der Waals surface area contributed by atoms with Gasteiger partial charge in [-0.25, -0.2) is 0 Å². The fraction of sp³-hybridized carbons (Fsp3) is 0.500. The van der Waals surface area contributed by atoms with Gasteiger partial charge in [-0.1, -0.05) is 6.08 Å². The first-order valence-corrected chi connectivity index (χ1v) is 4.69. The Morgan fingerprint density at radius 1 is 1.62 bits per heavy atom. The average molecular weight is 179 g/mol. The highest BCUT2D eigenvalue weighted by molar-refractivity contribution is 5.03. The van der Waals surface area contributed by atoms with Gasteiger partial charge in [-0.15, -0.1) is 6.58 Å². The molecular formula is C10H17N3. The third-order valence-electron chi connectivity index (χ3n) is 1.92. The first kappa shape index (κ1) is 9.99. The SMILES string of the molecule is C=CCCn1cc(CCCN)cn1. The van der Waals surface area contributed by atoms with Gasteiger partial charge >= 0.3 is 0 Å². The van der Waals surface area contributed by atoms with Crippen LogP contribution < -0.4 is 5.73 Å². The molecule has 1 rings (SSSR count). The second kappa shape index (κ2) is 5.54. The zero-order chi connectivity index (χ0) is 9.52. The Labute approximate surface area is 79.2 Å². The maximum atomic E-state index is 5.42. The zero-order valence-electron chi connectivity index (χ0n) is 7.95. The lowest BCUT2D eigenvalue weighted by atomic mass is 10.2. The fourth-order valence-corrected chi connectivity index (χ4v) is 1.19. The van der Waals surface area contributed by atoms with Crippen LogP contribution in [0.15, 0.2) is 25.0 Å². The zero-order valence-corrected chi connectivity index (χ0v) is 7.95. The molecule has 1 aromatic heterocycles. The van der Waals surface area contributed by atoms with Gasteiger partial charge in [0.1, 0.15) is 0 Å². The quantitative estimate of drug-likeness (QED) is 0.670. The molecule has 0 saturated carbocycles. The van der Waals surface area contributed by atoms with E-state index >= 15 is 0 Å².